The smallest absolute Gasteiger partial charge is 0.335 e. The number of ether oxygens (including phenoxy) is 2. The molecular weight excluding hydrogens is 829 g/mol. The third kappa shape index (κ3) is 7.74. The summed E-state index contributed by atoms with van der Waals surface area (Å²) in [7, 11) is -2.36. The summed E-state index contributed by atoms with van der Waals surface area (Å²) in [5.41, 5.74) is -1.79. The summed E-state index contributed by atoms with van der Waals surface area (Å²) in [6.45, 7) is 5.47. The van der Waals surface area contributed by atoms with Crippen molar-refractivity contribution in [2.45, 2.75) is 79.4 Å². The molecule has 14 nitrogen and oxygen atoms in total. The Kier molecular flexibility index (Phi) is 10.3. The summed E-state index contributed by atoms with van der Waals surface area (Å²) in [6, 6.07) is 9.16. The summed E-state index contributed by atoms with van der Waals surface area (Å²) in [4.78, 5) is 59.8. The number of benzene rings is 2. The van der Waals surface area contributed by atoms with Gasteiger partial charge in [0.05, 0.1) is 30.7 Å². The number of carboxylic acids is 1. The Bertz CT molecular complexity index is 2060. The van der Waals surface area contributed by atoms with Crippen LogP contribution in [0.2, 0.25) is 5.02 Å². The second-order valence-corrected chi connectivity index (χ2v) is 18.3. The first-order valence-corrected chi connectivity index (χ1v) is 19.8. The van der Waals surface area contributed by atoms with Crippen LogP contribution in [0.1, 0.15) is 56.8 Å². The number of sulfonamides is 1. The van der Waals surface area contributed by atoms with E-state index in [1.807, 2.05) is 43.4 Å². The normalized spacial score (nSPS) is 23.4. The first-order chi connectivity index (χ1) is 24.4. The molecular formula is C35H39ClIN5O9S. The number of nitrogens with one attached hydrogen (secondary N) is 3. The van der Waals surface area contributed by atoms with E-state index < -0.39 is 68.1 Å². The van der Waals surface area contributed by atoms with Gasteiger partial charge >= 0.3 is 5.97 Å². The van der Waals surface area contributed by atoms with E-state index in [1.165, 1.54) is 30.3 Å². The Morgan fingerprint density at radius 3 is 2.44 bits per heavy atom. The molecule has 3 aliphatic rings. The lowest BCUT2D eigenvalue weighted by atomic mass is 9.85. The van der Waals surface area contributed by atoms with E-state index in [1.54, 1.807) is 30.3 Å². The molecule has 2 aliphatic carbocycles. The third-order valence-electron chi connectivity index (χ3n) is 9.48. The Hall–Kier alpha value is -3.90. The van der Waals surface area contributed by atoms with E-state index in [4.69, 9.17) is 21.1 Å². The highest BCUT2D eigenvalue weighted by molar-refractivity contribution is 14.1. The number of amides is 3. The fourth-order valence-corrected chi connectivity index (χ4v) is 8.98. The van der Waals surface area contributed by atoms with Crippen LogP contribution in [0.15, 0.2) is 48.7 Å². The van der Waals surface area contributed by atoms with E-state index in [0.29, 0.717) is 40.1 Å². The van der Waals surface area contributed by atoms with Crippen molar-refractivity contribution in [1.29, 1.82) is 0 Å². The van der Waals surface area contributed by atoms with Crippen molar-refractivity contribution in [3.8, 4) is 11.6 Å². The number of alkyl halides is 1. The molecule has 2 saturated carbocycles. The molecule has 0 radical (unpaired) electrons. The van der Waals surface area contributed by atoms with Gasteiger partial charge in [0.2, 0.25) is 27.7 Å². The first kappa shape index (κ1) is 37.8. The SMILES string of the molecule is COc1cnc(O[C@@H]2C[C@@H](C(=O)N[C@]3(C(=O)NS(=O)(=O)C4CC4)C[C@H]3I)N(C(=O)[C@@H](Nc3cccc(C(=O)O)c3)C(C)(C)C)C2)c2cc(Cl)ccc12. The van der Waals surface area contributed by atoms with Gasteiger partial charge in [-0.2, -0.15) is 0 Å². The number of likely N-dealkylation sites (tertiary alicyclic amines) is 1. The van der Waals surface area contributed by atoms with Gasteiger partial charge in [0.15, 0.2) is 0 Å². The molecule has 0 bridgehead atoms. The van der Waals surface area contributed by atoms with Crippen LogP contribution in [-0.2, 0) is 24.4 Å². The largest absolute Gasteiger partial charge is 0.494 e. The number of pyridine rings is 1. The van der Waals surface area contributed by atoms with Gasteiger partial charge < -0.3 is 30.1 Å². The Morgan fingerprint density at radius 2 is 1.83 bits per heavy atom. The molecule has 0 unspecified atom stereocenters. The van der Waals surface area contributed by atoms with Gasteiger partial charge in [0.1, 0.15) is 29.5 Å². The molecule has 2 aromatic carbocycles. The van der Waals surface area contributed by atoms with Crippen LogP contribution in [0.5, 0.6) is 11.6 Å². The van der Waals surface area contributed by atoms with Crippen LogP contribution in [-0.4, -0.2) is 93.7 Å². The van der Waals surface area contributed by atoms with Gasteiger partial charge in [0.25, 0.3) is 5.91 Å². The molecule has 2 heterocycles. The number of rotatable bonds is 12. The average molecular weight is 868 g/mol. The van der Waals surface area contributed by atoms with Crippen molar-refractivity contribution in [1.82, 2.24) is 19.9 Å². The van der Waals surface area contributed by atoms with Crippen molar-refractivity contribution >= 4 is 84.4 Å². The van der Waals surface area contributed by atoms with Gasteiger partial charge in [0, 0.05) is 31.8 Å². The number of carbonyl (C=O) groups excluding carboxylic acids is 3. The molecule has 4 N–H and O–H groups in total. The number of hydrogen-bond donors (Lipinski definition) is 4. The van der Waals surface area contributed by atoms with Crippen molar-refractivity contribution in [3.63, 3.8) is 0 Å². The van der Waals surface area contributed by atoms with E-state index in [0.717, 1.165) is 0 Å². The van der Waals surface area contributed by atoms with Crippen LogP contribution in [0, 0.1) is 5.41 Å². The third-order valence-corrected chi connectivity index (χ3v) is 13.0. The molecule has 3 amide bonds. The Labute approximate surface area is 319 Å². The molecule has 1 aromatic heterocycles. The maximum atomic E-state index is 14.6. The highest BCUT2D eigenvalue weighted by atomic mass is 127. The molecule has 3 aromatic rings. The van der Waals surface area contributed by atoms with E-state index in [-0.39, 0.29) is 34.8 Å². The molecule has 0 spiro atoms. The van der Waals surface area contributed by atoms with Crippen molar-refractivity contribution in [2.75, 3.05) is 19.0 Å². The highest BCUT2D eigenvalue weighted by Gasteiger charge is 2.62. The van der Waals surface area contributed by atoms with Crippen LogP contribution >= 0.6 is 34.2 Å². The maximum absolute atomic E-state index is 14.6. The molecule has 3 fully saturated rings. The number of fused-ring (bicyclic) bond motifs is 1. The van der Waals surface area contributed by atoms with Crippen LogP contribution in [0.3, 0.4) is 0 Å². The topological polar surface area (TPSA) is 193 Å². The zero-order valence-corrected chi connectivity index (χ0v) is 32.5. The quantitative estimate of drug-likeness (QED) is 0.151. The summed E-state index contributed by atoms with van der Waals surface area (Å²) in [6.07, 6.45) is 1.91. The summed E-state index contributed by atoms with van der Waals surface area (Å²) < 4.78 is 38.9. The monoisotopic (exact) mass is 867 g/mol. The minimum Gasteiger partial charge on any atom is -0.494 e. The van der Waals surface area contributed by atoms with E-state index in [9.17, 15) is 32.7 Å². The fourth-order valence-electron chi connectivity index (χ4n) is 6.31. The zero-order valence-electron chi connectivity index (χ0n) is 28.8. The molecule has 52 heavy (non-hydrogen) atoms. The number of halogens is 2. The predicted molar refractivity (Wildman–Crippen MR) is 201 cm³/mol. The maximum Gasteiger partial charge on any atom is 0.335 e. The van der Waals surface area contributed by atoms with Gasteiger partial charge in [-0.05, 0) is 61.1 Å². The first-order valence-electron chi connectivity index (χ1n) is 16.6. The number of carbonyl (C=O) groups is 4. The lowest BCUT2D eigenvalue weighted by molar-refractivity contribution is -0.141. The molecule has 1 aliphatic heterocycles. The second kappa shape index (κ2) is 14.2. The molecule has 1 saturated heterocycles. The number of methoxy groups -OCH3 is 1. The minimum absolute atomic E-state index is 0.0166. The Morgan fingerprint density at radius 1 is 1.12 bits per heavy atom. The van der Waals surface area contributed by atoms with E-state index in [2.05, 4.69) is 20.3 Å². The van der Waals surface area contributed by atoms with Crippen molar-refractivity contribution in [2.24, 2.45) is 5.41 Å². The number of hydrogen-bond acceptors (Lipinski definition) is 10. The Balaban J connectivity index is 1.31. The second-order valence-electron chi connectivity index (χ2n) is 14.4. The predicted octanol–water partition coefficient (Wildman–Crippen LogP) is 4.14. The number of aromatic carboxylic acids is 1. The van der Waals surface area contributed by atoms with Crippen LogP contribution < -0.4 is 24.8 Å². The minimum atomic E-state index is -3.88. The molecule has 5 atom stereocenters. The lowest BCUT2D eigenvalue weighted by Gasteiger charge is -2.36. The van der Waals surface area contributed by atoms with Crippen molar-refractivity contribution < 1.29 is 42.2 Å². The van der Waals surface area contributed by atoms with Crippen LogP contribution in [0.25, 0.3) is 10.8 Å². The lowest BCUT2D eigenvalue weighted by Crippen LogP contribution is -2.58. The summed E-state index contributed by atoms with van der Waals surface area (Å²) in [5, 5.41) is 16.6. The van der Waals surface area contributed by atoms with Crippen LogP contribution in [0.4, 0.5) is 5.69 Å². The van der Waals surface area contributed by atoms with Crippen molar-refractivity contribution in [3.05, 3.63) is 59.2 Å². The average Bonchev–Trinajstić information content (AvgIpc) is 4.00. The summed E-state index contributed by atoms with van der Waals surface area (Å²) >= 11 is 8.33. The summed E-state index contributed by atoms with van der Waals surface area (Å²) in [5.74, 6) is -2.34. The molecule has 17 heteroatoms. The van der Waals surface area contributed by atoms with E-state index >= 15 is 0 Å². The van der Waals surface area contributed by atoms with Gasteiger partial charge in [-0.15, -0.1) is 0 Å². The fraction of sp³-hybridized carbons (Fsp3) is 0.457. The standard InChI is InChI=1S/C35H39ClIN5O9S/c1-34(2,3)28(39-20-7-5-6-18(12-20)32(45)46)31(44)42-17-21(51-30-24-13-19(36)8-11-23(24)26(50-4)16-38-30)14-25(42)29(43)40-35(15-27(35)37)33(47)41-52(48,49)22-9-10-22/h5-8,11-13,16,21-22,25,27-28,39H,9-10,14-15,17H2,1-4H3,(H,40,43)(H,41,47)(H,45,46)/t21-,25+,27-,28-,35-/m1/s1. The highest BCUT2D eigenvalue weighted by Crippen LogP contribution is 2.44. The number of nitrogens with zero attached hydrogens (tertiary/aromatic N) is 2. The molecule has 6 rings (SSSR count). The molecule has 278 valence electrons. The number of carboxylic acid groups (broad SMARTS) is 1. The van der Waals surface area contributed by atoms with Gasteiger partial charge in [-0.25, -0.2) is 18.2 Å². The zero-order chi connectivity index (χ0) is 37.7. The van der Waals surface area contributed by atoms with Gasteiger partial charge in [-0.1, -0.05) is 61.0 Å². The van der Waals surface area contributed by atoms with Gasteiger partial charge in [-0.3, -0.25) is 19.1 Å². The number of anilines is 1. The number of aromatic nitrogens is 1.